The molecule has 0 spiro atoms. The highest BCUT2D eigenvalue weighted by atomic mass is 32.2. The average Bonchev–Trinajstić information content (AvgIpc) is 2.53. The highest BCUT2D eigenvalue weighted by Crippen LogP contribution is 2.25. The number of hydrogen-bond donors (Lipinski definition) is 0. The summed E-state index contributed by atoms with van der Waals surface area (Å²) in [6.07, 6.45) is 4.82. The molecular formula is C17H22O5S. The lowest BCUT2D eigenvalue weighted by Crippen LogP contribution is -2.16. The van der Waals surface area contributed by atoms with E-state index in [0.29, 0.717) is 31.0 Å². The van der Waals surface area contributed by atoms with Crippen molar-refractivity contribution in [3.05, 3.63) is 35.9 Å². The molecule has 5 nitrogen and oxygen atoms in total. The number of sulfone groups is 1. The van der Waals surface area contributed by atoms with E-state index in [9.17, 15) is 13.2 Å². The van der Waals surface area contributed by atoms with Gasteiger partial charge in [-0.3, -0.25) is 0 Å². The van der Waals surface area contributed by atoms with Crippen LogP contribution in [0, 0.1) is 5.92 Å². The van der Waals surface area contributed by atoms with Crippen LogP contribution in [0.4, 0.5) is 0 Å². The van der Waals surface area contributed by atoms with Gasteiger partial charge in [-0.15, -0.1) is 0 Å². The van der Waals surface area contributed by atoms with Crippen LogP contribution in [0.15, 0.2) is 35.2 Å². The molecule has 0 atom stereocenters. The van der Waals surface area contributed by atoms with E-state index in [0.717, 1.165) is 19.1 Å². The molecule has 1 aromatic carbocycles. The minimum absolute atomic E-state index is 0.232. The summed E-state index contributed by atoms with van der Waals surface area (Å²) in [5.41, 5.74) is 1.15. The van der Waals surface area contributed by atoms with Gasteiger partial charge in [0.05, 0.1) is 17.1 Å². The molecule has 0 radical (unpaired) electrons. The molecular weight excluding hydrogens is 316 g/mol. The Balaban J connectivity index is 2.32. The van der Waals surface area contributed by atoms with Crippen LogP contribution in [0.2, 0.25) is 0 Å². The maximum Gasteiger partial charge on any atom is 0.338 e. The second-order valence-corrected chi connectivity index (χ2v) is 7.56. The van der Waals surface area contributed by atoms with Gasteiger partial charge in [-0.2, -0.15) is 0 Å². The van der Waals surface area contributed by atoms with Crippen molar-refractivity contribution in [1.82, 2.24) is 0 Å². The van der Waals surface area contributed by atoms with E-state index in [1.165, 1.54) is 12.1 Å². The summed E-state index contributed by atoms with van der Waals surface area (Å²) in [6, 6.07) is 6.33. The summed E-state index contributed by atoms with van der Waals surface area (Å²) in [6.45, 7) is 3.43. The number of rotatable bonds is 5. The van der Waals surface area contributed by atoms with Crippen molar-refractivity contribution < 1.29 is 22.7 Å². The normalized spacial score (nSPS) is 17.0. The fourth-order valence-corrected chi connectivity index (χ4v) is 3.12. The fourth-order valence-electron chi connectivity index (χ4n) is 2.49. The summed E-state index contributed by atoms with van der Waals surface area (Å²) in [5, 5.41) is 0. The summed E-state index contributed by atoms with van der Waals surface area (Å²) >= 11 is 0. The van der Waals surface area contributed by atoms with Gasteiger partial charge >= 0.3 is 5.97 Å². The first-order valence-electron chi connectivity index (χ1n) is 7.69. The number of ether oxygens (including phenoxy) is 2. The zero-order valence-corrected chi connectivity index (χ0v) is 14.3. The Kier molecular flexibility index (Phi) is 5.96. The number of esters is 1. The van der Waals surface area contributed by atoms with Crippen LogP contribution < -0.4 is 0 Å². The molecule has 1 aliphatic rings. The minimum Gasteiger partial charge on any atom is -0.462 e. The predicted molar refractivity (Wildman–Crippen MR) is 87.7 cm³/mol. The molecule has 0 bridgehead atoms. The van der Waals surface area contributed by atoms with Crippen LogP contribution in [0.1, 0.15) is 25.3 Å². The first-order chi connectivity index (χ1) is 10.9. The smallest absolute Gasteiger partial charge is 0.338 e. The van der Waals surface area contributed by atoms with Crippen molar-refractivity contribution in [2.24, 2.45) is 5.92 Å². The Morgan fingerprint density at radius 3 is 2.39 bits per heavy atom. The minimum atomic E-state index is -3.26. The Morgan fingerprint density at radius 2 is 1.87 bits per heavy atom. The van der Waals surface area contributed by atoms with Gasteiger partial charge in [0.2, 0.25) is 0 Å². The lowest BCUT2D eigenvalue weighted by Gasteiger charge is -2.20. The van der Waals surface area contributed by atoms with Gasteiger partial charge in [-0.05, 0) is 43.4 Å². The van der Waals surface area contributed by atoms with Crippen molar-refractivity contribution in [2.45, 2.75) is 24.7 Å². The molecule has 2 rings (SSSR count). The molecule has 1 fully saturated rings. The second kappa shape index (κ2) is 7.75. The molecule has 1 aliphatic heterocycles. The lowest BCUT2D eigenvalue weighted by atomic mass is 9.94. The van der Waals surface area contributed by atoms with Gasteiger partial charge in [0.1, 0.15) is 0 Å². The molecule has 0 saturated carbocycles. The topological polar surface area (TPSA) is 69.7 Å². The molecule has 1 aromatic rings. The summed E-state index contributed by atoms with van der Waals surface area (Å²) in [7, 11) is -3.26. The summed E-state index contributed by atoms with van der Waals surface area (Å²) in [5.74, 6) is -0.121. The van der Waals surface area contributed by atoms with E-state index in [1.54, 1.807) is 19.1 Å². The van der Waals surface area contributed by atoms with Crippen LogP contribution in [-0.2, 0) is 24.1 Å². The third-order valence-electron chi connectivity index (χ3n) is 3.76. The van der Waals surface area contributed by atoms with Crippen LogP contribution >= 0.6 is 0 Å². The Hall–Kier alpha value is -1.66. The van der Waals surface area contributed by atoms with Gasteiger partial charge in [0.15, 0.2) is 9.84 Å². The van der Waals surface area contributed by atoms with Crippen LogP contribution in [0.3, 0.4) is 0 Å². The van der Waals surface area contributed by atoms with Crippen molar-refractivity contribution in [3.63, 3.8) is 0 Å². The number of carbonyl (C=O) groups is 1. The predicted octanol–water partition coefficient (Wildman–Crippen LogP) is 2.46. The number of hydrogen-bond acceptors (Lipinski definition) is 5. The van der Waals surface area contributed by atoms with E-state index >= 15 is 0 Å². The monoisotopic (exact) mass is 338 g/mol. The standard InChI is InChI=1S/C17H22O5S/c1-3-22-17(18)16(12-13-8-10-21-11-9-13)14-4-6-15(7-5-14)23(2,19)20/h4-7,12-13H,3,8-11H2,1-2H3/b16-12+. The third-order valence-corrected chi connectivity index (χ3v) is 4.89. The SMILES string of the molecule is CCOC(=O)/C(=C/C1CCOCC1)c1ccc(S(C)(=O)=O)cc1. The second-order valence-electron chi connectivity index (χ2n) is 5.55. The number of carbonyl (C=O) groups excluding carboxylic acids is 1. The molecule has 6 heteroatoms. The van der Waals surface area contributed by atoms with Gasteiger partial charge in [-0.25, -0.2) is 13.2 Å². The fraction of sp³-hybridized carbons (Fsp3) is 0.471. The van der Waals surface area contributed by atoms with E-state index < -0.39 is 9.84 Å². The van der Waals surface area contributed by atoms with E-state index in [4.69, 9.17) is 9.47 Å². The van der Waals surface area contributed by atoms with Gasteiger partial charge in [0, 0.05) is 19.5 Å². The van der Waals surface area contributed by atoms with Crippen LogP contribution in [0.5, 0.6) is 0 Å². The molecule has 0 amide bonds. The Labute approximate surface area is 137 Å². The largest absolute Gasteiger partial charge is 0.462 e. The van der Waals surface area contributed by atoms with Gasteiger partial charge < -0.3 is 9.47 Å². The van der Waals surface area contributed by atoms with E-state index in [-0.39, 0.29) is 16.8 Å². The maximum absolute atomic E-state index is 12.3. The van der Waals surface area contributed by atoms with Crippen molar-refractivity contribution in [1.29, 1.82) is 0 Å². The molecule has 0 N–H and O–H groups in total. The molecule has 1 saturated heterocycles. The first kappa shape index (κ1) is 17.7. The summed E-state index contributed by atoms with van der Waals surface area (Å²) < 4.78 is 33.6. The quantitative estimate of drug-likeness (QED) is 0.609. The van der Waals surface area contributed by atoms with Crippen LogP contribution in [-0.4, -0.2) is 40.5 Å². The third kappa shape index (κ3) is 4.91. The zero-order chi connectivity index (χ0) is 16.9. The van der Waals surface area contributed by atoms with Gasteiger partial charge in [-0.1, -0.05) is 18.2 Å². The number of benzene rings is 1. The Morgan fingerprint density at radius 1 is 1.26 bits per heavy atom. The Bertz CT molecular complexity index is 667. The highest BCUT2D eigenvalue weighted by Gasteiger charge is 2.19. The molecule has 0 aromatic heterocycles. The average molecular weight is 338 g/mol. The molecule has 0 aliphatic carbocycles. The highest BCUT2D eigenvalue weighted by molar-refractivity contribution is 7.90. The first-order valence-corrected chi connectivity index (χ1v) is 9.58. The lowest BCUT2D eigenvalue weighted by molar-refractivity contribution is -0.136. The van der Waals surface area contributed by atoms with E-state index in [2.05, 4.69) is 0 Å². The molecule has 23 heavy (non-hydrogen) atoms. The maximum atomic E-state index is 12.3. The number of allylic oxidation sites excluding steroid dienone is 1. The van der Waals surface area contributed by atoms with Crippen molar-refractivity contribution >= 4 is 21.4 Å². The van der Waals surface area contributed by atoms with E-state index in [1.807, 2.05) is 6.08 Å². The molecule has 1 heterocycles. The van der Waals surface area contributed by atoms with Crippen LogP contribution in [0.25, 0.3) is 5.57 Å². The van der Waals surface area contributed by atoms with Crippen molar-refractivity contribution in [3.8, 4) is 0 Å². The molecule has 0 unspecified atom stereocenters. The molecule has 126 valence electrons. The van der Waals surface area contributed by atoms with Crippen molar-refractivity contribution in [2.75, 3.05) is 26.1 Å². The van der Waals surface area contributed by atoms with Gasteiger partial charge in [0.25, 0.3) is 0 Å². The zero-order valence-electron chi connectivity index (χ0n) is 13.4. The summed E-state index contributed by atoms with van der Waals surface area (Å²) in [4.78, 5) is 12.5.